The average molecular weight is 474 g/mol. The van der Waals surface area contributed by atoms with E-state index in [0.717, 1.165) is 33.7 Å². The number of anilines is 1. The molecule has 0 aliphatic rings. The van der Waals surface area contributed by atoms with Gasteiger partial charge in [0.15, 0.2) is 0 Å². The molecule has 0 spiro atoms. The number of benzene rings is 2. The molecule has 2 aromatic rings. The van der Waals surface area contributed by atoms with Crippen LogP contribution in [0.15, 0.2) is 48.5 Å². The van der Waals surface area contributed by atoms with E-state index in [1.807, 2.05) is 52.0 Å². The maximum atomic E-state index is 13.5. The Morgan fingerprint density at radius 2 is 1.61 bits per heavy atom. The summed E-state index contributed by atoms with van der Waals surface area (Å²) in [6, 6.07) is 13.8. The molecule has 0 saturated heterocycles. The molecule has 7 nitrogen and oxygen atoms in total. The van der Waals surface area contributed by atoms with Gasteiger partial charge in [-0.3, -0.25) is 13.9 Å². The summed E-state index contributed by atoms with van der Waals surface area (Å²) >= 11 is 0. The van der Waals surface area contributed by atoms with Crippen LogP contribution in [0.5, 0.6) is 0 Å². The summed E-state index contributed by atoms with van der Waals surface area (Å²) in [4.78, 5) is 27.8. The number of hydrogen-bond acceptors (Lipinski definition) is 4. The molecule has 2 aromatic carbocycles. The van der Waals surface area contributed by atoms with Gasteiger partial charge in [0.1, 0.15) is 12.6 Å². The number of aryl methyl sites for hydroxylation is 2. The van der Waals surface area contributed by atoms with E-state index in [-0.39, 0.29) is 18.5 Å². The van der Waals surface area contributed by atoms with Crippen LogP contribution in [-0.2, 0) is 26.2 Å². The van der Waals surface area contributed by atoms with Gasteiger partial charge in [-0.1, -0.05) is 48.9 Å². The van der Waals surface area contributed by atoms with Gasteiger partial charge < -0.3 is 10.2 Å². The summed E-state index contributed by atoms with van der Waals surface area (Å²) in [6.07, 6.45) is 1.84. The molecule has 2 unspecified atom stereocenters. The van der Waals surface area contributed by atoms with Crippen molar-refractivity contribution < 1.29 is 18.0 Å². The quantitative estimate of drug-likeness (QED) is 0.573. The lowest BCUT2D eigenvalue weighted by molar-refractivity contribution is -0.139. The molecule has 0 saturated carbocycles. The molecule has 0 aliphatic carbocycles. The molecule has 0 heterocycles. The number of rotatable bonds is 10. The van der Waals surface area contributed by atoms with Crippen molar-refractivity contribution >= 4 is 27.5 Å². The van der Waals surface area contributed by atoms with Crippen molar-refractivity contribution in [2.75, 3.05) is 17.1 Å². The smallest absolute Gasteiger partial charge is 0.244 e. The highest BCUT2D eigenvalue weighted by Crippen LogP contribution is 2.20. The monoisotopic (exact) mass is 473 g/mol. The van der Waals surface area contributed by atoms with Crippen LogP contribution in [0.1, 0.15) is 43.9 Å². The van der Waals surface area contributed by atoms with Crippen molar-refractivity contribution in [2.24, 2.45) is 0 Å². The van der Waals surface area contributed by atoms with Crippen LogP contribution in [0.2, 0.25) is 0 Å². The molecule has 0 bridgehead atoms. The Bertz CT molecular complexity index is 1070. The van der Waals surface area contributed by atoms with E-state index in [1.54, 1.807) is 31.2 Å². The minimum Gasteiger partial charge on any atom is -0.352 e. The van der Waals surface area contributed by atoms with Gasteiger partial charge in [0.05, 0.1) is 11.9 Å². The Labute approximate surface area is 197 Å². The first-order valence-corrected chi connectivity index (χ1v) is 13.0. The molecule has 1 N–H and O–H groups in total. The van der Waals surface area contributed by atoms with E-state index in [9.17, 15) is 18.0 Å². The van der Waals surface area contributed by atoms with E-state index in [2.05, 4.69) is 5.32 Å². The molecule has 0 fully saturated rings. The maximum absolute atomic E-state index is 13.5. The molecule has 33 heavy (non-hydrogen) atoms. The molecule has 0 aromatic heterocycles. The molecule has 2 amide bonds. The van der Waals surface area contributed by atoms with Crippen molar-refractivity contribution in [3.05, 3.63) is 65.2 Å². The van der Waals surface area contributed by atoms with Crippen LogP contribution in [0, 0.1) is 13.8 Å². The number of hydrogen-bond donors (Lipinski definition) is 1. The van der Waals surface area contributed by atoms with Gasteiger partial charge in [-0.2, -0.15) is 0 Å². The number of nitrogens with zero attached hydrogens (tertiary/aromatic N) is 2. The van der Waals surface area contributed by atoms with Gasteiger partial charge in [-0.25, -0.2) is 8.42 Å². The second-order valence-corrected chi connectivity index (χ2v) is 10.5. The van der Waals surface area contributed by atoms with E-state index in [4.69, 9.17) is 0 Å². The minimum absolute atomic E-state index is 0.0320. The molecule has 180 valence electrons. The highest BCUT2D eigenvalue weighted by molar-refractivity contribution is 7.92. The van der Waals surface area contributed by atoms with E-state index < -0.39 is 28.5 Å². The summed E-state index contributed by atoms with van der Waals surface area (Å²) in [5.74, 6) is -0.719. The lowest BCUT2D eigenvalue weighted by atomic mass is 10.1. The number of carbonyl (C=O) groups is 2. The zero-order chi connectivity index (χ0) is 24.8. The highest BCUT2D eigenvalue weighted by atomic mass is 32.2. The van der Waals surface area contributed by atoms with Crippen LogP contribution < -0.4 is 9.62 Å². The molecular weight excluding hydrogens is 438 g/mol. The maximum Gasteiger partial charge on any atom is 0.244 e. The first-order valence-electron chi connectivity index (χ1n) is 11.1. The first kappa shape index (κ1) is 26.4. The van der Waals surface area contributed by atoms with Gasteiger partial charge in [0, 0.05) is 12.6 Å². The fourth-order valence-electron chi connectivity index (χ4n) is 3.34. The van der Waals surface area contributed by atoms with Gasteiger partial charge >= 0.3 is 0 Å². The second-order valence-electron chi connectivity index (χ2n) is 8.55. The van der Waals surface area contributed by atoms with E-state index in [0.29, 0.717) is 5.69 Å². The van der Waals surface area contributed by atoms with Crippen LogP contribution in [0.3, 0.4) is 0 Å². The summed E-state index contributed by atoms with van der Waals surface area (Å²) in [5.41, 5.74) is 3.28. The Morgan fingerprint density at radius 1 is 1.00 bits per heavy atom. The second kappa shape index (κ2) is 11.3. The summed E-state index contributed by atoms with van der Waals surface area (Å²) in [7, 11) is -3.72. The van der Waals surface area contributed by atoms with Gasteiger partial charge in [-0.15, -0.1) is 0 Å². The van der Waals surface area contributed by atoms with Crippen LogP contribution in [-0.4, -0.2) is 50.0 Å². The van der Waals surface area contributed by atoms with Crippen molar-refractivity contribution in [1.82, 2.24) is 10.2 Å². The topological polar surface area (TPSA) is 86.8 Å². The van der Waals surface area contributed by atoms with E-state index in [1.165, 1.54) is 4.90 Å². The molecule has 0 aliphatic heterocycles. The SMILES string of the molecule is CCC(C)NC(=O)C(C)N(Cc1ccccc1C)C(=O)CN(c1ccc(C)cc1)S(C)(=O)=O. The third-order valence-corrected chi connectivity index (χ3v) is 6.91. The largest absolute Gasteiger partial charge is 0.352 e. The Morgan fingerprint density at radius 3 is 2.15 bits per heavy atom. The molecule has 2 rings (SSSR count). The fourth-order valence-corrected chi connectivity index (χ4v) is 4.19. The summed E-state index contributed by atoms with van der Waals surface area (Å²) in [5, 5.41) is 2.92. The standard InChI is InChI=1S/C25H35N3O4S/c1-7-20(4)26-25(30)21(5)27(16-22-11-9-8-10-19(22)3)24(29)17-28(33(6,31)32)23-14-12-18(2)13-15-23/h8-15,20-21H,7,16-17H2,1-6H3,(H,26,30). The number of nitrogens with one attached hydrogen (secondary N) is 1. The van der Waals surface area contributed by atoms with Gasteiger partial charge in [0.2, 0.25) is 21.8 Å². The van der Waals surface area contributed by atoms with E-state index >= 15 is 0 Å². The molecule has 2 atom stereocenters. The normalized spacial score (nSPS) is 13.2. The average Bonchev–Trinajstić information content (AvgIpc) is 2.76. The van der Waals surface area contributed by atoms with Crippen molar-refractivity contribution in [3.8, 4) is 0 Å². The zero-order valence-electron chi connectivity index (χ0n) is 20.3. The third kappa shape index (κ3) is 7.32. The van der Waals surface area contributed by atoms with Crippen molar-refractivity contribution in [2.45, 2.75) is 59.7 Å². The highest BCUT2D eigenvalue weighted by Gasteiger charge is 2.30. The summed E-state index contributed by atoms with van der Waals surface area (Å²) in [6.45, 7) is 9.20. The Kier molecular flexibility index (Phi) is 9.05. The first-order chi connectivity index (χ1) is 15.4. The molecular formula is C25H35N3O4S. The summed E-state index contributed by atoms with van der Waals surface area (Å²) < 4.78 is 26.2. The Balaban J connectivity index is 2.39. The fraction of sp³-hybridized carbons (Fsp3) is 0.440. The van der Waals surface area contributed by atoms with Crippen LogP contribution in [0.25, 0.3) is 0 Å². The van der Waals surface area contributed by atoms with Crippen molar-refractivity contribution in [3.63, 3.8) is 0 Å². The lowest BCUT2D eigenvalue weighted by Gasteiger charge is -2.32. The van der Waals surface area contributed by atoms with Crippen LogP contribution >= 0.6 is 0 Å². The number of sulfonamides is 1. The number of amides is 2. The number of carbonyl (C=O) groups excluding carboxylic acids is 2. The van der Waals surface area contributed by atoms with Gasteiger partial charge in [0.25, 0.3) is 0 Å². The van der Waals surface area contributed by atoms with Gasteiger partial charge in [-0.05, 0) is 57.4 Å². The minimum atomic E-state index is -3.72. The predicted molar refractivity (Wildman–Crippen MR) is 132 cm³/mol. The zero-order valence-corrected chi connectivity index (χ0v) is 21.1. The third-order valence-electron chi connectivity index (χ3n) is 5.77. The lowest BCUT2D eigenvalue weighted by Crippen LogP contribution is -2.52. The molecule has 0 radical (unpaired) electrons. The predicted octanol–water partition coefficient (Wildman–Crippen LogP) is 3.40. The Hall–Kier alpha value is -2.87. The molecule has 8 heteroatoms. The van der Waals surface area contributed by atoms with Crippen molar-refractivity contribution in [1.29, 1.82) is 0 Å². The van der Waals surface area contributed by atoms with Crippen LogP contribution in [0.4, 0.5) is 5.69 Å².